The van der Waals surface area contributed by atoms with E-state index in [1.54, 1.807) is 6.07 Å². The summed E-state index contributed by atoms with van der Waals surface area (Å²) in [4.78, 5) is 12.1. The highest BCUT2D eigenvalue weighted by Gasteiger charge is 2.09. The summed E-state index contributed by atoms with van der Waals surface area (Å²) < 4.78 is 0. The summed E-state index contributed by atoms with van der Waals surface area (Å²) in [5.41, 5.74) is 3.09. The highest BCUT2D eigenvalue weighted by Crippen LogP contribution is 2.14. The molecule has 122 valence electrons. The summed E-state index contributed by atoms with van der Waals surface area (Å²) in [5.74, 6) is -0.435. The van der Waals surface area contributed by atoms with Crippen LogP contribution in [0.3, 0.4) is 0 Å². The summed E-state index contributed by atoms with van der Waals surface area (Å²) in [6.45, 7) is 2.84. The van der Waals surface area contributed by atoms with Gasteiger partial charge in [-0.3, -0.25) is 4.79 Å². The molecule has 0 saturated heterocycles. The topological polar surface area (TPSA) is 64.9 Å². The third-order valence-corrected chi connectivity index (χ3v) is 3.93. The first kappa shape index (κ1) is 17.6. The molecule has 0 bridgehead atoms. The number of hydrogen-bond acceptors (Lipinski definition) is 3. The maximum atomic E-state index is 12.1. The molecule has 0 spiro atoms. The van der Waals surface area contributed by atoms with Crippen molar-refractivity contribution in [2.24, 2.45) is 0 Å². The van der Waals surface area contributed by atoms with Crippen molar-refractivity contribution in [3.05, 3.63) is 82.0 Å². The first-order valence-corrected chi connectivity index (χ1v) is 7.89. The van der Waals surface area contributed by atoms with E-state index in [0.717, 1.165) is 16.7 Å². The molecule has 0 atom stereocenters. The number of carbonyl (C=O) groups is 1. The van der Waals surface area contributed by atoms with Gasteiger partial charge in [0.2, 0.25) is 0 Å². The first-order chi connectivity index (χ1) is 11.6. The van der Waals surface area contributed by atoms with Crippen LogP contribution in [0.25, 0.3) is 0 Å². The number of benzene rings is 2. The minimum atomic E-state index is -0.435. The summed E-state index contributed by atoms with van der Waals surface area (Å²) in [6.07, 6.45) is 1.44. The highest BCUT2D eigenvalue weighted by molar-refractivity contribution is 6.31. The molecular formula is C19H18ClN3O. The maximum absolute atomic E-state index is 12.1. The number of rotatable bonds is 6. The van der Waals surface area contributed by atoms with Gasteiger partial charge in [-0.1, -0.05) is 54.1 Å². The van der Waals surface area contributed by atoms with Crippen LogP contribution >= 0.6 is 11.6 Å². The van der Waals surface area contributed by atoms with Crippen LogP contribution in [-0.4, -0.2) is 5.91 Å². The van der Waals surface area contributed by atoms with Gasteiger partial charge in [-0.05, 0) is 29.7 Å². The molecule has 2 aromatic carbocycles. The molecule has 0 saturated carbocycles. The van der Waals surface area contributed by atoms with Gasteiger partial charge in [-0.15, -0.1) is 0 Å². The molecule has 2 N–H and O–H groups in total. The predicted molar refractivity (Wildman–Crippen MR) is 95.0 cm³/mol. The lowest BCUT2D eigenvalue weighted by atomic mass is 10.1. The molecule has 0 aliphatic carbocycles. The predicted octanol–water partition coefficient (Wildman–Crippen LogP) is 3.46. The Morgan fingerprint density at radius 2 is 1.79 bits per heavy atom. The molecule has 0 heterocycles. The molecule has 4 nitrogen and oxygen atoms in total. The second-order valence-electron chi connectivity index (χ2n) is 5.25. The molecule has 5 heteroatoms. The Kier molecular flexibility index (Phi) is 6.41. The molecular weight excluding hydrogens is 322 g/mol. The zero-order valence-electron chi connectivity index (χ0n) is 13.3. The SMILES string of the molecule is Cc1ccccc1CN/C=C(/C#N)C(=O)NCc1ccccc1Cl. The van der Waals surface area contributed by atoms with Crippen LogP contribution in [0, 0.1) is 18.3 Å². The van der Waals surface area contributed by atoms with Crippen molar-refractivity contribution in [2.75, 3.05) is 0 Å². The quantitative estimate of drug-likeness (QED) is 0.625. The third kappa shape index (κ3) is 4.87. The summed E-state index contributed by atoms with van der Waals surface area (Å²) in [6, 6.07) is 17.1. The fraction of sp³-hybridized carbons (Fsp3) is 0.158. The summed E-state index contributed by atoms with van der Waals surface area (Å²) in [7, 11) is 0. The lowest BCUT2D eigenvalue weighted by Crippen LogP contribution is -2.25. The van der Waals surface area contributed by atoms with Crippen molar-refractivity contribution >= 4 is 17.5 Å². The van der Waals surface area contributed by atoms with Gasteiger partial charge in [0.1, 0.15) is 11.6 Å². The summed E-state index contributed by atoms with van der Waals surface area (Å²) in [5, 5.41) is 15.4. The Labute approximate surface area is 146 Å². The Hall–Kier alpha value is -2.77. The van der Waals surface area contributed by atoms with Gasteiger partial charge in [0, 0.05) is 24.3 Å². The molecule has 24 heavy (non-hydrogen) atoms. The third-order valence-electron chi connectivity index (χ3n) is 3.56. The van der Waals surface area contributed by atoms with Gasteiger partial charge in [-0.2, -0.15) is 5.26 Å². The van der Waals surface area contributed by atoms with Crippen LogP contribution in [0.4, 0.5) is 0 Å². The van der Waals surface area contributed by atoms with E-state index in [-0.39, 0.29) is 12.1 Å². The first-order valence-electron chi connectivity index (χ1n) is 7.51. The van der Waals surface area contributed by atoms with Gasteiger partial charge >= 0.3 is 0 Å². The lowest BCUT2D eigenvalue weighted by molar-refractivity contribution is -0.117. The van der Waals surface area contributed by atoms with Crippen molar-refractivity contribution in [3.63, 3.8) is 0 Å². The van der Waals surface area contributed by atoms with E-state index in [2.05, 4.69) is 10.6 Å². The monoisotopic (exact) mass is 339 g/mol. The Balaban J connectivity index is 1.92. The number of aryl methyl sites for hydroxylation is 1. The fourth-order valence-corrected chi connectivity index (χ4v) is 2.34. The van der Waals surface area contributed by atoms with Gasteiger partial charge in [0.05, 0.1) is 0 Å². The van der Waals surface area contributed by atoms with Gasteiger partial charge < -0.3 is 10.6 Å². The smallest absolute Gasteiger partial charge is 0.263 e. The number of hydrogen-bond donors (Lipinski definition) is 2. The van der Waals surface area contributed by atoms with Crippen LogP contribution in [0.15, 0.2) is 60.3 Å². The zero-order valence-corrected chi connectivity index (χ0v) is 14.1. The van der Waals surface area contributed by atoms with E-state index in [1.165, 1.54) is 6.20 Å². The van der Waals surface area contributed by atoms with Crippen molar-refractivity contribution in [3.8, 4) is 6.07 Å². The van der Waals surface area contributed by atoms with E-state index in [1.807, 2.05) is 55.5 Å². The zero-order chi connectivity index (χ0) is 17.4. The van der Waals surface area contributed by atoms with Crippen LogP contribution in [0.1, 0.15) is 16.7 Å². The fourth-order valence-electron chi connectivity index (χ4n) is 2.13. The molecule has 0 unspecified atom stereocenters. The minimum Gasteiger partial charge on any atom is -0.386 e. The second-order valence-corrected chi connectivity index (χ2v) is 5.66. The average molecular weight is 340 g/mol. The van der Waals surface area contributed by atoms with Gasteiger partial charge in [0.15, 0.2) is 0 Å². The van der Waals surface area contributed by atoms with Crippen LogP contribution < -0.4 is 10.6 Å². The number of amides is 1. The Morgan fingerprint density at radius 3 is 2.46 bits per heavy atom. The Morgan fingerprint density at radius 1 is 1.12 bits per heavy atom. The van der Waals surface area contributed by atoms with Crippen LogP contribution in [0.5, 0.6) is 0 Å². The number of carbonyl (C=O) groups excluding carboxylic acids is 1. The number of nitriles is 1. The average Bonchev–Trinajstić information content (AvgIpc) is 2.59. The lowest BCUT2D eigenvalue weighted by Gasteiger charge is -2.08. The molecule has 0 radical (unpaired) electrons. The highest BCUT2D eigenvalue weighted by atomic mass is 35.5. The summed E-state index contributed by atoms with van der Waals surface area (Å²) >= 11 is 6.04. The van der Waals surface area contributed by atoms with Crippen molar-refractivity contribution in [1.29, 1.82) is 5.26 Å². The minimum absolute atomic E-state index is 0.0237. The molecule has 0 aliphatic rings. The number of nitrogens with one attached hydrogen (secondary N) is 2. The molecule has 0 aliphatic heterocycles. The molecule has 2 aromatic rings. The molecule has 0 fully saturated rings. The van der Waals surface area contributed by atoms with Crippen molar-refractivity contribution in [2.45, 2.75) is 20.0 Å². The van der Waals surface area contributed by atoms with Crippen molar-refractivity contribution < 1.29 is 4.79 Å². The molecule has 0 aromatic heterocycles. The standard InChI is InChI=1S/C19H18ClN3O/c1-14-6-2-3-7-15(14)11-22-12-17(10-21)19(24)23-13-16-8-4-5-9-18(16)20/h2-9,12,22H,11,13H2,1H3,(H,23,24)/b17-12-. The largest absolute Gasteiger partial charge is 0.386 e. The van der Waals surface area contributed by atoms with Crippen LogP contribution in [-0.2, 0) is 17.9 Å². The van der Waals surface area contributed by atoms with E-state index >= 15 is 0 Å². The van der Waals surface area contributed by atoms with Gasteiger partial charge in [0.25, 0.3) is 5.91 Å². The number of halogens is 1. The maximum Gasteiger partial charge on any atom is 0.263 e. The Bertz CT molecular complexity index is 793. The van der Waals surface area contributed by atoms with Crippen LogP contribution in [0.2, 0.25) is 5.02 Å². The normalized spacial score (nSPS) is 10.8. The van der Waals surface area contributed by atoms with E-state index in [9.17, 15) is 4.79 Å². The van der Waals surface area contributed by atoms with E-state index in [4.69, 9.17) is 16.9 Å². The van der Waals surface area contributed by atoms with Gasteiger partial charge in [-0.25, -0.2) is 0 Å². The van der Waals surface area contributed by atoms with Crippen molar-refractivity contribution in [1.82, 2.24) is 10.6 Å². The second kappa shape index (κ2) is 8.76. The van der Waals surface area contributed by atoms with E-state index in [0.29, 0.717) is 11.6 Å². The molecule has 1 amide bonds. The molecule has 2 rings (SSSR count). The number of nitrogens with zero attached hydrogens (tertiary/aromatic N) is 1. The van der Waals surface area contributed by atoms with E-state index < -0.39 is 5.91 Å².